The molecule has 2 aromatic rings. The van der Waals surface area contributed by atoms with E-state index in [1.54, 1.807) is 6.07 Å². The number of nitrogens with zero attached hydrogens (tertiary/aromatic N) is 1. The minimum atomic E-state index is -0.670. The van der Waals surface area contributed by atoms with Crippen molar-refractivity contribution in [2.75, 3.05) is 13.1 Å². The van der Waals surface area contributed by atoms with Gasteiger partial charge in [0.15, 0.2) is 11.6 Å². The van der Waals surface area contributed by atoms with Gasteiger partial charge in [0.25, 0.3) is 0 Å². The summed E-state index contributed by atoms with van der Waals surface area (Å²) in [6.45, 7) is 1.78. The number of phenols is 1. The second-order valence-electron chi connectivity index (χ2n) is 7.79. The molecule has 1 saturated carbocycles. The van der Waals surface area contributed by atoms with E-state index < -0.39 is 11.9 Å². The molecule has 4 rings (SSSR count). The largest absolute Gasteiger partial charge is 0.505 e. The number of hydrogen-bond donors (Lipinski definition) is 1. The van der Waals surface area contributed by atoms with Crippen LogP contribution in [0.15, 0.2) is 48.5 Å². The van der Waals surface area contributed by atoms with Crippen LogP contribution < -0.4 is 0 Å². The molecule has 0 bridgehead atoms. The van der Waals surface area contributed by atoms with Crippen molar-refractivity contribution in [3.8, 4) is 5.75 Å². The number of fused-ring (bicyclic) bond motifs is 1. The second kappa shape index (κ2) is 7.20. The highest BCUT2D eigenvalue weighted by Gasteiger charge is 2.42. The fraction of sp³-hybridized carbons (Fsp3) is 0.409. The van der Waals surface area contributed by atoms with Crippen LogP contribution in [0.5, 0.6) is 5.75 Å². The molecule has 4 heteroatoms. The topological polar surface area (TPSA) is 40.5 Å². The number of hydrogen-bond acceptors (Lipinski definition) is 3. The summed E-state index contributed by atoms with van der Waals surface area (Å²) >= 11 is 0. The van der Waals surface area contributed by atoms with E-state index in [0.717, 1.165) is 31.7 Å². The smallest absolute Gasteiger partial charge is 0.165 e. The number of phenolic OH excluding ortho intramolecular Hbond substituents is 1. The van der Waals surface area contributed by atoms with E-state index in [-0.39, 0.29) is 5.75 Å². The molecular formula is C22H24FNO2. The van der Waals surface area contributed by atoms with Gasteiger partial charge >= 0.3 is 0 Å². The number of halogens is 1. The molecule has 3 nitrogen and oxygen atoms in total. The first-order valence-corrected chi connectivity index (χ1v) is 9.35. The van der Waals surface area contributed by atoms with E-state index in [0.29, 0.717) is 17.4 Å². The Morgan fingerprint density at radius 2 is 1.81 bits per heavy atom. The molecule has 1 N–H and O–H groups in total. The van der Waals surface area contributed by atoms with Gasteiger partial charge in [-0.2, -0.15) is 0 Å². The molecule has 4 atom stereocenters. The Balaban J connectivity index is 1.40. The molecule has 26 heavy (non-hydrogen) atoms. The Bertz CT molecular complexity index is 765. The fourth-order valence-electron chi connectivity index (χ4n) is 4.89. The summed E-state index contributed by atoms with van der Waals surface area (Å²) in [5.41, 5.74) is 2.02. The van der Waals surface area contributed by atoms with Crippen LogP contribution in [-0.4, -0.2) is 29.4 Å². The lowest BCUT2D eigenvalue weighted by atomic mass is 9.96. The van der Waals surface area contributed by atoms with Gasteiger partial charge in [0, 0.05) is 13.1 Å². The lowest BCUT2D eigenvalue weighted by Gasteiger charge is -2.25. The lowest BCUT2D eigenvalue weighted by Crippen LogP contribution is -2.29. The van der Waals surface area contributed by atoms with Gasteiger partial charge in [0.1, 0.15) is 6.29 Å². The maximum absolute atomic E-state index is 13.7. The lowest BCUT2D eigenvalue weighted by molar-refractivity contribution is -0.112. The molecule has 2 aliphatic rings. The summed E-state index contributed by atoms with van der Waals surface area (Å²) < 4.78 is 13.7. The van der Waals surface area contributed by atoms with Crippen molar-refractivity contribution in [3.63, 3.8) is 0 Å². The SMILES string of the molecule is O=CC(c1ccc(O)c(F)c1)N1C[C@H]2CC(Cc3ccccc3)C[C@H]2C1. The standard InChI is InChI=1S/C22H24FNO2/c23-20-11-17(6-7-22(20)26)21(14-25)24-12-18-9-16(10-19(18)13-24)8-15-4-2-1-3-5-15/h1-7,11,14,16,18-19,21,26H,8-10,12-13H2/t16?,18-,19+,21?. The average molecular weight is 353 g/mol. The first-order valence-electron chi connectivity index (χ1n) is 9.35. The number of carbonyl (C=O) groups is 1. The maximum atomic E-state index is 13.7. The number of aldehydes is 1. The van der Waals surface area contributed by atoms with Crippen molar-refractivity contribution in [1.29, 1.82) is 0 Å². The van der Waals surface area contributed by atoms with Crippen LogP contribution in [-0.2, 0) is 11.2 Å². The highest BCUT2D eigenvalue weighted by molar-refractivity contribution is 5.62. The second-order valence-corrected chi connectivity index (χ2v) is 7.79. The summed E-state index contributed by atoms with van der Waals surface area (Å²) in [5, 5.41) is 9.37. The Hall–Kier alpha value is -2.20. The molecule has 136 valence electrons. The number of likely N-dealkylation sites (tertiary alicyclic amines) is 1. The van der Waals surface area contributed by atoms with Crippen LogP contribution in [0.1, 0.15) is 30.0 Å². The van der Waals surface area contributed by atoms with Crippen LogP contribution in [0.3, 0.4) is 0 Å². The van der Waals surface area contributed by atoms with Crippen molar-refractivity contribution in [3.05, 3.63) is 65.5 Å². The molecule has 0 aromatic heterocycles. The van der Waals surface area contributed by atoms with Crippen LogP contribution in [0.25, 0.3) is 0 Å². The minimum absolute atomic E-state index is 0.375. The van der Waals surface area contributed by atoms with Gasteiger partial charge in [0.2, 0.25) is 0 Å². The number of aromatic hydroxyl groups is 1. The maximum Gasteiger partial charge on any atom is 0.165 e. The first kappa shape index (κ1) is 17.2. The zero-order valence-electron chi connectivity index (χ0n) is 14.7. The number of carbonyl (C=O) groups excluding carboxylic acids is 1. The van der Waals surface area contributed by atoms with E-state index in [1.165, 1.54) is 30.5 Å². The number of rotatable bonds is 5. The quantitative estimate of drug-likeness (QED) is 0.827. The Morgan fingerprint density at radius 1 is 1.12 bits per heavy atom. The molecule has 1 aliphatic carbocycles. The zero-order valence-corrected chi connectivity index (χ0v) is 14.7. The monoisotopic (exact) mass is 353 g/mol. The van der Waals surface area contributed by atoms with Gasteiger partial charge in [-0.15, -0.1) is 0 Å². The third-order valence-electron chi connectivity index (χ3n) is 6.08. The predicted molar refractivity (Wildman–Crippen MR) is 98.3 cm³/mol. The summed E-state index contributed by atoms with van der Waals surface area (Å²) in [6.07, 6.45) is 4.43. The summed E-state index contributed by atoms with van der Waals surface area (Å²) in [4.78, 5) is 13.9. The van der Waals surface area contributed by atoms with Crippen molar-refractivity contribution in [2.24, 2.45) is 17.8 Å². The highest BCUT2D eigenvalue weighted by Crippen LogP contribution is 2.44. The summed E-state index contributed by atoms with van der Waals surface area (Å²) in [6, 6.07) is 14.5. The molecule has 2 fully saturated rings. The van der Waals surface area contributed by atoms with Crippen molar-refractivity contribution in [2.45, 2.75) is 25.3 Å². The third kappa shape index (κ3) is 3.38. The average Bonchev–Trinajstić information content (AvgIpc) is 3.18. The van der Waals surface area contributed by atoms with Gasteiger partial charge in [-0.05, 0) is 60.3 Å². The summed E-state index contributed by atoms with van der Waals surface area (Å²) in [5.74, 6) is 0.911. The molecule has 0 amide bonds. The fourth-order valence-corrected chi connectivity index (χ4v) is 4.89. The van der Waals surface area contributed by atoms with Crippen LogP contribution in [0.4, 0.5) is 4.39 Å². The van der Waals surface area contributed by atoms with Crippen LogP contribution in [0.2, 0.25) is 0 Å². The third-order valence-corrected chi connectivity index (χ3v) is 6.08. The van der Waals surface area contributed by atoms with E-state index in [4.69, 9.17) is 0 Å². The van der Waals surface area contributed by atoms with Crippen molar-refractivity contribution < 1.29 is 14.3 Å². The van der Waals surface area contributed by atoms with Crippen molar-refractivity contribution in [1.82, 2.24) is 4.90 Å². The zero-order chi connectivity index (χ0) is 18.1. The number of benzene rings is 2. The summed E-state index contributed by atoms with van der Waals surface area (Å²) in [7, 11) is 0. The molecule has 0 spiro atoms. The van der Waals surface area contributed by atoms with E-state index in [1.807, 2.05) is 0 Å². The Kier molecular flexibility index (Phi) is 4.77. The minimum Gasteiger partial charge on any atom is -0.505 e. The van der Waals surface area contributed by atoms with Gasteiger partial charge < -0.3 is 9.90 Å². The molecule has 1 aliphatic heterocycles. The Morgan fingerprint density at radius 3 is 2.42 bits per heavy atom. The van der Waals surface area contributed by atoms with Crippen molar-refractivity contribution >= 4 is 6.29 Å². The van der Waals surface area contributed by atoms with E-state index >= 15 is 0 Å². The van der Waals surface area contributed by atoms with Crippen LogP contribution >= 0.6 is 0 Å². The molecule has 0 radical (unpaired) electrons. The molecule has 1 heterocycles. The Labute approximate surface area is 153 Å². The molecule has 1 saturated heterocycles. The normalized spacial score (nSPS) is 26.6. The molecular weight excluding hydrogens is 329 g/mol. The molecule has 2 unspecified atom stereocenters. The van der Waals surface area contributed by atoms with Gasteiger partial charge in [0.05, 0.1) is 6.04 Å². The van der Waals surface area contributed by atoms with Gasteiger partial charge in [-0.1, -0.05) is 36.4 Å². The van der Waals surface area contributed by atoms with E-state index in [2.05, 4.69) is 35.2 Å². The van der Waals surface area contributed by atoms with Gasteiger partial charge in [-0.3, -0.25) is 4.90 Å². The predicted octanol–water partition coefficient (Wildman–Crippen LogP) is 3.97. The first-order chi connectivity index (χ1) is 12.6. The van der Waals surface area contributed by atoms with Crippen LogP contribution in [0, 0.1) is 23.6 Å². The van der Waals surface area contributed by atoms with Gasteiger partial charge in [-0.25, -0.2) is 4.39 Å². The molecule has 2 aromatic carbocycles. The highest BCUT2D eigenvalue weighted by atomic mass is 19.1. The van der Waals surface area contributed by atoms with E-state index in [9.17, 15) is 14.3 Å².